The molecule has 0 spiro atoms. The van der Waals surface area contributed by atoms with Crippen molar-refractivity contribution in [3.05, 3.63) is 58.6 Å². The van der Waals surface area contributed by atoms with E-state index >= 15 is 0 Å². The van der Waals surface area contributed by atoms with Gasteiger partial charge in [0.25, 0.3) is 5.91 Å². The van der Waals surface area contributed by atoms with E-state index in [1.54, 1.807) is 6.21 Å². The number of nitrogens with zero attached hydrogens (tertiary/aromatic N) is 6. The maximum Gasteiger partial charge on any atom is 0.294 e. The fourth-order valence-electron chi connectivity index (χ4n) is 2.74. The quantitative estimate of drug-likeness (QED) is 0.360. The van der Waals surface area contributed by atoms with Gasteiger partial charge in [0.15, 0.2) is 5.69 Å². The molecule has 3 N–H and O–H groups in total. The third kappa shape index (κ3) is 3.82. The van der Waals surface area contributed by atoms with Crippen molar-refractivity contribution in [3.63, 3.8) is 0 Å². The molecule has 0 bridgehead atoms. The molecule has 1 amide bonds. The van der Waals surface area contributed by atoms with Crippen LogP contribution in [0.2, 0.25) is 0 Å². The molecule has 1 aromatic carbocycles. The Bertz CT molecular complexity index is 1180. The van der Waals surface area contributed by atoms with Crippen LogP contribution in [-0.2, 0) is 0 Å². The highest BCUT2D eigenvalue weighted by atomic mass is 32.1. The van der Waals surface area contributed by atoms with Crippen molar-refractivity contribution in [3.8, 4) is 16.4 Å². The van der Waals surface area contributed by atoms with Gasteiger partial charge in [-0.1, -0.05) is 49.4 Å². The number of carbonyl (C=O) groups is 1. The number of aromatic nitrogens is 5. The average Bonchev–Trinajstić information content (AvgIpc) is 3.48. The Morgan fingerprint density at radius 1 is 1.27 bits per heavy atom. The molecular weight excluding hydrogens is 404 g/mol. The number of carbonyl (C=O) groups excluding carboxylic acids is 1. The average molecular weight is 422 g/mol. The van der Waals surface area contributed by atoms with Gasteiger partial charge in [-0.3, -0.25) is 4.79 Å². The summed E-state index contributed by atoms with van der Waals surface area (Å²) in [5.74, 6) is 0.115. The number of hydrogen-bond acceptors (Lipinski definition) is 9. The Kier molecular flexibility index (Phi) is 5.35. The highest BCUT2D eigenvalue weighted by Gasteiger charge is 2.25. The second-order valence-corrected chi connectivity index (χ2v) is 7.62. The summed E-state index contributed by atoms with van der Waals surface area (Å²) >= 11 is 1.41. The first-order valence-electron chi connectivity index (χ1n) is 9.06. The second kappa shape index (κ2) is 8.25. The highest BCUT2D eigenvalue weighted by Crippen LogP contribution is 2.29. The predicted octanol–water partition coefficient (Wildman–Crippen LogP) is 2.85. The Balaban J connectivity index is 1.58. The molecule has 10 nitrogen and oxygen atoms in total. The van der Waals surface area contributed by atoms with Crippen LogP contribution in [0.1, 0.15) is 41.4 Å². The molecule has 4 aromatic rings. The normalized spacial score (nSPS) is 11.4. The van der Waals surface area contributed by atoms with Crippen LogP contribution in [0, 0.1) is 0 Å². The molecule has 0 saturated carbocycles. The van der Waals surface area contributed by atoms with Crippen LogP contribution >= 0.6 is 11.3 Å². The van der Waals surface area contributed by atoms with Crippen molar-refractivity contribution in [2.45, 2.75) is 19.8 Å². The number of nitrogen functional groups attached to an aromatic ring is 1. The van der Waals surface area contributed by atoms with Gasteiger partial charge in [0, 0.05) is 0 Å². The van der Waals surface area contributed by atoms with Crippen LogP contribution in [0.25, 0.3) is 16.4 Å². The molecule has 0 radical (unpaired) electrons. The number of nitrogens with one attached hydrogen (secondary N) is 1. The Morgan fingerprint density at radius 3 is 2.70 bits per heavy atom. The zero-order valence-corrected chi connectivity index (χ0v) is 17.0. The van der Waals surface area contributed by atoms with Crippen LogP contribution in [-0.4, -0.2) is 37.4 Å². The SMILES string of the molecule is CC(C)c1ccc(/C=N\NC(=O)c2nnn(-c3nonc3N)c2-c2cccs2)cc1. The number of anilines is 1. The lowest BCUT2D eigenvalue weighted by Crippen LogP contribution is -2.19. The van der Waals surface area contributed by atoms with Gasteiger partial charge < -0.3 is 5.73 Å². The summed E-state index contributed by atoms with van der Waals surface area (Å²) in [6.45, 7) is 4.26. The summed E-state index contributed by atoms with van der Waals surface area (Å²) in [4.78, 5) is 13.5. The third-order valence-electron chi connectivity index (χ3n) is 4.32. The van der Waals surface area contributed by atoms with Crippen LogP contribution in [0.5, 0.6) is 0 Å². The minimum absolute atomic E-state index is 0.0347. The van der Waals surface area contributed by atoms with E-state index in [-0.39, 0.29) is 17.3 Å². The monoisotopic (exact) mass is 422 g/mol. The van der Waals surface area contributed by atoms with Gasteiger partial charge in [0.2, 0.25) is 11.6 Å². The van der Waals surface area contributed by atoms with E-state index < -0.39 is 5.91 Å². The van der Waals surface area contributed by atoms with Gasteiger partial charge >= 0.3 is 0 Å². The molecule has 0 fully saturated rings. The topological polar surface area (TPSA) is 137 Å². The molecule has 30 heavy (non-hydrogen) atoms. The predicted molar refractivity (Wildman–Crippen MR) is 113 cm³/mol. The van der Waals surface area contributed by atoms with E-state index in [0.717, 1.165) is 10.4 Å². The number of amides is 1. The fraction of sp³-hybridized carbons (Fsp3) is 0.158. The number of benzene rings is 1. The maximum absolute atomic E-state index is 12.7. The molecule has 3 heterocycles. The first-order valence-corrected chi connectivity index (χ1v) is 9.94. The molecule has 152 valence electrons. The van der Waals surface area contributed by atoms with Crippen molar-refractivity contribution >= 4 is 29.3 Å². The van der Waals surface area contributed by atoms with E-state index in [1.165, 1.54) is 21.6 Å². The van der Waals surface area contributed by atoms with Crippen molar-refractivity contribution in [2.75, 3.05) is 5.73 Å². The van der Waals surface area contributed by atoms with E-state index in [0.29, 0.717) is 11.6 Å². The lowest BCUT2D eigenvalue weighted by atomic mass is 10.0. The van der Waals surface area contributed by atoms with Crippen molar-refractivity contribution in [2.24, 2.45) is 5.10 Å². The van der Waals surface area contributed by atoms with Gasteiger partial charge in [-0.25, -0.2) is 10.1 Å². The zero-order valence-electron chi connectivity index (χ0n) is 16.2. The first kappa shape index (κ1) is 19.5. The van der Waals surface area contributed by atoms with Gasteiger partial charge in [0.05, 0.1) is 11.1 Å². The van der Waals surface area contributed by atoms with Crippen LogP contribution < -0.4 is 11.2 Å². The minimum atomic E-state index is -0.519. The lowest BCUT2D eigenvalue weighted by Gasteiger charge is -2.04. The number of hydrogen-bond donors (Lipinski definition) is 2. The first-order chi connectivity index (χ1) is 14.5. The summed E-state index contributed by atoms with van der Waals surface area (Å²) in [5, 5.41) is 21.2. The third-order valence-corrected chi connectivity index (χ3v) is 5.20. The summed E-state index contributed by atoms with van der Waals surface area (Å²) in [6, 6.07) is 11.6. The van der Waals surface area contributed by atoms with E-state index in [1.807, 2.05) is 41.8 Å². The maximum atomic E-state index is 12.7. The molecule has 0 atom stereocenters. The van der Waals surface area contributed by atoms with Gasteiger partial charge in [0.1, 0.15) is 5.69 Å². The molecule has 0 aliphatic carbocycles. The summed E-state index contributed by atoms with van der Waals surface area (Å²) in [6.07, 6.45) is 1.57. The Morgan fingerprint density at radius 2 is 2.07 bits per heavy atom. The van der Waals surface area contributed by atoms with Gasteiger partial charge in [-0.2, -0.15) is 9.78 Å². The Labute approximate surface area is 175 Å². The van der Waals surface area contributed by atoms with Crippen molar-refractivity contribution < 1.29 is 9.42 Å². The molecule has 3 aromatic heterocycles. The molecule has 0 saturated heterocycles. The van der Waals surface area contributed by atoms with E-state index in [4.69, 9.17) is 5.73 Å². The lowest BCUT2D eigenvalue weighted by molar-refractivity contribution is 0.0951. The molecular formula is C19H18N8O2S. The van der Waals surface area contributed by atoms with Gasteiger partial charge in [-0.05, 0) is 38.8 Å². The number of thiophene rings is 1. The number of hydrazone groups is 1. The van der Waals surface area contributed by atoms with E-state index in [9.17, 15) is 4.79 Å². The smallest absolute Gasteiger partial charge is 0.294 e. The number of rotatable bonds is 6. The summed E-state index contributed by atoms with van der Waals surface area (Å²) in [7, 11) is 0. The number of nitrogens with two attached hydrogens (primary N) is 1. The molecule has 0 unspecified atom stereocenters. The zero-order chi connectivity index (χ0) is 21.1. The molecule has 4 rings (SSSR count). The summed E-state index contributed by atoms with van der Waals surface area (Å²) in [5.41, 5.74) is 10.9. The van der Waals surface area contributed by atoms with Gasteiger partial charge in [-0.15, -0.1) is 16.4 Å². The minimum Gasteiger partial charge on any atom is -0.378 e. The van der Waals surface area contributed by atoms with Crippen molar-refractivity contribution in [1.82, 2.24) is 30.7 Å². The second-order valence-electron chi connectivity index (χ2n) is 6.67. The fourth-order valence-corrected chi connectivity index (χ4v) is 3.50. The van der Waals surface area contributed by atoms with Crippen LogP contribution in [0.3, 0.4) is 0 Å². The molecule has 0 aliphatic heterocycles. The standard InChI is InChI=1S/C19H18N8O2S/c1-11(2)13-7-5-12(6-8-13)10-21-23-19(28)15-16(14-4-3-9-30-14)27(26-22-15)18-17(20)24-29-25-18/h3-11H,1-2H3,(H2,20,24)(H,23,28)/b21-10-. The Hall–Kier alpha value is -3.86. The van der Waals surface area contributed by atoms with Crippen LogP contribution in [0.4, 0.5) is 5.82 Å². The molecule has 11 heteroatoms. The van der Waals surface area contributed by atoms with Crippen LogP contribution in [0.15, 0.2) is 51.5 Å². The van der Waals surface area contributed by atoms with Crippen molar-refractivity contribution in [1.29, 1.82) is 0 Å². The molecule has 0 aliphatic rings. The highest BCUT2D eigenvalue weighted by molar-refractivity contribution is 7.13. The summed E-state index contributed by atoms with van der Waals surface area (Å²) < 4.78 is 5.96. The van der Waals surface area contributed by atoms with E-state index in [2.05, 4.69) is 49.6 Å². The largest absolute Gasteiger partial charge is 0.378 e.